The van der Waals surface area contributed by atoms with Gasteiger partial charge in [0.05, 0.1) is 6.67 Å². The lowest BCUT2D eigenvalue weighted by molar-refractivity contribution is 0.501. The average molecular weight is 210 g/mol. The molecule has 0 aliphatic heterocycles. The van der Waals surface area contributed by atoms with Gasteiger partial charge in [-0.2, -0.15) is 0 Å². The Balaban J connectivity index is 3.17. The van der Waals surface area contributed by atoms with Crippen molar-refractivity contribution in [3.05, 3.63) is 36.5 Å². The van der Waals surface area contributed by atoms with Gasteiger partial charge >= 0.3 is 0 Å². The molecule has 86 valence electrons. The van der Waals surface area contributed by atoms with Crippen LogP contribution in [0.3, 0.4) is 0 Å². The van der Waals surface area contributed by atoms with E-state index in [1.807, 2.05) is 12.2 Å². The van der Waals surface area contributed by atoms with Crippen LogP contribution in [0, 0.1) is 0 Å². The fourth-order valence-electron chi connectivity index (χ4n) is 1.26. The van der Waals surface area contributed by atoms with Crippen molar-refractivity contribution in [2.24, 2.45) is 0 Å². The van der Waals surface area contributed by atoms with E-state index in [1.54, 1.807) is 0 Å². The Morgan fingerprint density at radius 3 is 2.00 bits per heavy atom. The van der Waals surface area contributed by atoms with Crippen molar-refractivity contribution in [1.29, 1.82) is 0 Å². The lowest BCUT2D eigenvalue weighted by Gasteiger charge is -1.92. The van der Waals surface area contributed by atoms with Gasteiger partial charge < -0.3 is 0 Å². The highest BCUT2D eigenvalue weighted by molar-refractivity contribution is 4.92. The van der Waals surface area contributed by atoms with E-state index in [1.165, 1.54) is 19.3 Å². The largest absolute Gasteiger partial charge is 0.251 e. The second-order valence-electron chi connectivity index (χ2n) is 3.51. The maximum atomic E-state index is 11.7. The third-order valence-electron chi connectivity index (χ3n) is 2.11. The molecule has 0 aliphatic rings. The van der Waals surface area contributed by atoms with Gasteiger partial charge in [-0.25, -0.2) is 0 Å². The molecule has 0 unspecified atom stereocenters. The maximum Gasteiger partial charge on any atom is 0.0928 e. The topological polar surface area (TPSA) is 0 Å². The van der Waals surface area contributed by atoms with Gasteiger partial charge in [-0.3, -0.25) is 4.39 Å². The number of hydrogen-bond donors (Lipinski definition) is 0. The molecule has 0 radical (unpaired) electrons. The van der Waals surface area contributed by atoms with E-state index < -0.39 is 0 Å². The minimum atomic E-state index is -0.245. The fourth-order valence-corrected chi connectivity index (χ4v) is 1.26. The van der Waals surface area contributed by atoms with Crippen LogP contribution in [0.4, 0.5) is 4.39 Å². The van der Waals surface area contributed by atoms with E-state index >= 15 is 0 Å². The van der Waals surface area contributed by atoms with Gasteiger partial charge in [0.15, 0.2) is 0 Å². The Hall–Kier alpha value is -0.850. The van der Waals surface area contributed by atoms with Gasteiger partial charge in [-0.15, -0.1) is 0 Å². The Morgan fingerprint density at radius 1 is 0.800 bits per heavy atom. The standard InChI is InChI=1S/C14H23F/c1-2-3-4-5-6-7-8-9-10-11-12-13-14-15/h2-3,8-9,11-12H,4-7,10,13-14H2,1H3/b3-2-,9-8-,12-11-. The summed E-state index contributed by atoms with van der Waals surface area (Å²) in [6.45, 7) is 1.81. The summed E-state index contributed by atoms with van der Waals surface area (Å²) in [7, 11) is 0. The van der Waals surface area contributed by atoms with Crippen molar-refractivity contribution in [2.75, 3.05) is 6.67 Å². The van der Waals surface area contributed by atoms with Crippen LogP contribution in [0.5, 0.6) is 0 Å². The van der Waals surface area contributed by atoms with Crippen molar-refractivity contribution in [3.63, 3.8) is 0 Å². The molecule has 0 aromatic carbocycles. The summed E-state index contributed by atoms with van der Waals surface area (Å²) in [4.78, 5) is 0. The first kappa shape index (κ1) is 14.2. The zero-order valence-corrected chi connectivity index (χ0v) is 9.79. The van der Waals surface area contributed by atoms with Crippen molar-refractivity contribution in [3.8, 4) is 0 Å². The minimum Gasteiger partial charge on any atom is -0.251 e. The van der Waals surface area contributed by atoms with Gasteiger partial charge in [0.2, 0.25) is 0 Å². The number of allylic oxidation sites excluding steroid dienone is 6. The van der Waals surface area contributed by atoms with Crippen molar-refractivity contribution in [2.45, 2.75) is 45.4 Å². The molecule has 0 aliphatic carbocycles. The van der Waals surface area contributed by atoms with Crippen LogP contribution in [0.2, 0.25) is 0 Å². The number of rotatable bonds is 9. The molecular weight excluding hydrogens is 187 g/mol. The molecule has 1 heteroatoms. The Kier molecular flexibility index (Phi) is 12.4. The summed E-state index contributed by atoms with van der Waals surface area (Å²) in [5, 5.41) is 0. The molecule has 0 aromatic heterocycles. The number of halogens is 1. The lowest BCUT2D eigenvalue weighted by atomic mass is 10.1. The number of unbranched alkanes of at least 4 members (excludes halogenated alkanes) is 3. The van der Waals surface area contributed by atoms with Crippen LogP contribution in [-0.2, 0) is 0 Å². The molecule has 0 aromatic rings. The summed E-state index contributed by atoms with van der Waals surface area (Å²) in [6, 6.07) is 0. The third-order valence-corrected chi connectivity index (χ3v) is 2.11. The Bertz CT molecular complexity index is 190. The van der Waals surface area contributed by atoms with Crippen molar-refractivity contribution in [1.82, 2.24) is 0 Å². The predicted molar refractivity (Wildman–Crippen MR) is 66.8 cm³/mol. The van der Waals surface area contributed by atoms with E-state index in [-0.39, 0.29) is 6.67 Å². The molecule has 0 saturated carbocycles. The summed E-state index contributed by atoms with van der Waals surface area (Å²) in [6.07, 6.45) is 19.0. The summed E-state index contributed by atoms with van der Waals surface area (Å²) >= 11 is 0. The lowest BCUT2D eigenvalue weighted by Crippen LogP contribution is -1.72. The highest BCUT2D eigenvalue weighted by Crippen LogP contribution is 2.02. The van der Waals surface area contributed by atoms with Gasteiger partial charge in [0.1, 0.15) is 0 Å². The average Bonchev–Trinajstić information content (AvgIpc) is 2.26. The zero-order chi connectivity index (χ0) is 11.2. The van der Waals surface area contributed by atoms with E-state index in [9.17, 15) is 4.39 Å². The van der Waals surface area contributed by atoms with Gasteiger partial charge in [-0.05, 0) is 45.4 Å². The summed E-state index contributed by atoms with van der Waals surface area (Å²) in [5.41, 5.74) is 0. The van der Waals surface area contributed by atoms with Crippen LogP contribution in [-0.4, -0.2) is 6.67 Å². The van der Waals surface area contributed by atoms with Crippen LogP contribution in [0.25, 0.3) is 0 Å². The van der Waals surface area contributed by atoms with E-state index in [4.69, 9.17) is 0 Å². The molecule has 15 heavy (non-hydrogen) atoms. The van der Waals surface area contributed by atoms with E-state index in [0.29, 0.717) is 6.42 Å². The van der Waals surface area contributed by atoms with Gasteiger partial charge in [0.25, 0.3) is 0 Å². The highest BCUT2D eigenvalue weighted by Gasteiger charge is 1.82. The minimum absolute atomic E-state index is 0.245. The van der Waals surface area contributed by atoms with Gasteiger partial charge in [-0.1, -0.05) is 36.5 Å². The normalized spacial score (nSPS) is 12.4. The molecule has 0 nitrogen and oxygen atoms in total. The predicted octanol–water partition coefficient (Wildman–Crippen LogP) is 4.99. The molecule has 0 atom stereocenters. The first-order valence-electron chi connectivity index (χ1n) is 5.89. The van der Waals surface area contributed by atoms with Crippen LogP contribution >= 0.6 is 0 Å². The fraction of sp³-hybridized carbons (Fsp3) is 0.571. The molecule has 0 N–H and O–H groups in total. The number of alkyl halides is 1. The molecule has 0 saturated heterocycles. The molecule has 0 rings (SSSR count). The molecule has 0 heterocycles. The van der Waals surface area contributed by atoms with Crippen LogP contribution in [0.15, 0.2) is 36.5 Å². The highest BCUT2D eigenvalue weighted by atomic mass is 19.1. The SMILES string of the molecule is C/C=C\CCCC/C=C\C/C=C\CCF. The van der Waals surface area contributed by atoms with E-state index in [2.05, 4.69) is 31.2 Å². The van der Waals surface area contributed by atoms with Gasteiger partial charge in [0, 0.05) is 0 Å². The molecule has 0 amide bonds. The smallest absolute Gasteiger partial charge is 0.0928 e. The first-order valence-corrected chi connectivity index (χ1v) is 5.89. The van der Waals surface area contributed by atoms with E-state index in [0.717, 1.165) is 12.8 Å². The van der Waals surface area contributed by atoms with Crippen molar-refractivity contribution < 1.29 is 4.39 Å². The third kappa shape index (κ3) is 13.2. The second kappa shape index (κ2) is 13.2. The molecule has 0 fully saturated rings. The quantitative estimate of drug-likeness (QED) is 0.371. The van der Waals surface area contributed by atoms with Crippen molar-refractivity contribution >= 4 is 0 Å². The molecular formula is C14H23F. The Labute approximate surface area is 93.6 Å². The van der Waals surface area contributed by atoms with Crippen LogP contribution in [0.1, 0.15) is 45.4 Å². The summed E-state index contributed by atoms with van der Waals surface area (Å²) < 4.78 is 11.7. The van der Waals surface area contributed by atoms with Crippen LogP contribution < -0.4 is 0 Å². The zero-order valence-electron chi connectivity index (χ0n) is 9.79. The number of hydrogen-bond acceptors (Lipinski definition) is 0. The second-order valence-corrected chi connectivity index (χ2v) is 3.51. The molecule has 0 bridgehead atoms. The summed E-state index contributed by atoms with van der Waals surface area (Å²) in [5.74, 6) is 0. The molecule has 0 spiro atoms. The first-order chi connectivity index (χ1) is 7.41. The monoisotopic (exact) mass is 210 g/mol. The Morgan fingerprint density at radius 2 is 1.40 bits per heavy atom. The maximum absolute atomic E-state index is 11.7.